The Balaban J connectivity index is 0.000000806. The van der Waals surface area contributed by atoms with Crippen molar-refractivity contribution in [3.05, 3.63) is 29.8 Å². The number of anilines is 1. The summed E-state index contributed by atoms with van der Waals surface area (Å²) >= 11 is 0. The fourth-order valence-electron chi connectivity index (χ4n) is 4.48. The van der Waals surface area contributed by atoms with Gasteiger partial charge in [-0.3, -0.25) is 24.2 Å². The first kappa shape index (κ1) is 22.2. The van der Waals surface area contributed by atoms with Crippen molar-refractivity contribution in [3.8, 4) is 0 Å². The minimum Gasteiger partial charge on any atom is -0.483 e. The topological polar surface area (TPSA) is 111 Å². The van der Waals surface area contributed by atoms with Crippen LogP contribution in [-0.2, 0) is 25.7 Å². The Morgan fingerprint density at radius 3 is 2.53 bits per heavy atom. The number of carboxylic acid groups (broad SMARTS) is 2. The Morgan fingerprint density at radius 2 is 1.90 bits per heavy atom. The van der Waals surface area contributed by atoms with Crippen molar-refractivity contribution in [2.75, 3.05) is 50.8 Å². The van der Waals surface area contributed by atoms with Gasteiger partial charge in [0, 0.05) is 56.8 Å². The van der Waals surface area contributed by atoms with E-state index in [1.54, 1.807) is 0 Å². The van der Waals surface area contributed by atoms with Crippen LogP contribution in [0.1, 0.15) is 18.4 Å². The summed E-state index contributed by atoms with van der Waals surface area (Å²) in [5, 5.41) is 16.0. The molecule has 1 aromatic rings. The highest BCUT2D eigenvalue weighted by molar-refractivity contribution is 5.95. The van der Waals surface area contributed by atoms with E-state index in [-0.39, 0.29) is 25.0 Å². The fourth-order valence-corrected chi connectivity index (χ4v) is 4.48. The van der Waals surface area contributed by atoms with Crippen LogP contribution < -0.4 is 4.90 Å². The van der Waals surface area contributed by atoms with Gasteiger partial charge >= 0.3 is 5.97 Å². The number of hydrogen-bond donors (Lipinski definition) is 2. The van der Waals surface area contributed by atoms with Gasteiger partial charge in [0.15, 0.2) is 0 Å². The van der Waals surface area contributed by atoms with E-state index in [4.69, 9.17) is 19.7 Å². The Bertz CT molecular complexity index is 741. The molecule has 3 saturated heterocycles. The molecule has 9 nitrogen and oxygen atoms in total. The van der Waals surface area contributed by atoms with Crippen molar-refractivity contribution < 1.29 is 29.3 Å². The summed E-state index contributed by atoms with van der Waals surface area (Å²) in [6.45, 7) is 5.24. The average Bonchev–Trinajstić information content (AvgIpc) is 2.94. The smallest absolute Gasteiger partial charge is 0.317 e. The van der Waals surface area contributed by atoms with E-state index in [2.05, 4.69) is 17.0 Å². The van der Waals surface area contributed by atoms with Crippen LogP contribution in [0.25, 0.3) is 0 Å². The zero-order chi connectivity index (χ0) is 21.5. The number of hydrogen-bond acceptors (Lipinski definition) is 6. The van der Waals surface area contributed by atoms with E-state index in [0.29, 0.717) is 25.6 Å². The highest BCUT2D eigenvalue weighted by Crippen LogP contribution is 2.24. The van der Waals surface area contributed by atoms with E-state index in [9.17, 15) is 9.59 Å². The summed E-state index contributed by atoms with van der Waals surface area (Å²) in [5.74, 6) is -0.229. The quantitative estimate of drug-likeness (QED) is 0.672. The second-order valence-corrected chi connectivity index (χ2v) is 8.00. The molecule has 164 valence electrons. The molecule has 0 spiro atoms. The van der Waals surface area contributed by atoms with Crippen molar-refractivity contribution in [1.82, 2.24) is 9.80 Å². The molecule has 3 aliphatic rings. The molecule has 30 heavy (non-hydrogen) atoms. The Kier molecular flexibility index (Phi) is 7.78. The third-order valence-electron chi connectivity index (χ3n) is 5.72. The van der Waals surface area contributed by atoms with Gasteiger partial charge in [-0.1, -0.05) is 12.1 Å². The van der Waals surface area contributed by atoms with Gasteiger partial charge in [-0.05, 0) is 24.1 Å². The second-order valence-electron chi connectivity index (χ2n) is 8.00. The van der Waals surface area contributed by atoms with Crippen LogP contribution in [-0.4, -0.2) is 90.3 Å². The number of ether oxygens (including phenoxy) is 1. The number of aliphatic carboxylic acids is 1. The Labute approximate surface area is 175 Å². The van der Waals surface area contributed by atoms with Gasteiger partial charge in [-0.15, -0.1) is 0 Å². The summed E-state index contributed by atoms with van der Waals surface area (Å²) in [6.07, 6.45) is 1.58. The van der Waals surface area contributed by atoms with Crippen LogP contribution in [0, 0.1) is 5.92 Å². The maximum absolute atomic E-state index is 11.9. The highest BCUT2D eigenvalue weighted by Gasteiger charge is 2.33. The lowest BCUT2D eigenvalue weighted by atomic mass is 10.1. The number of rotatable bonds is 5. The molecule has 0 unspecified atom stereocenters. The minimum atomic E-state index is -0.769. The van der Waals surface area contributed by atoms with E-state index >= 15 is 0 Å². The van der Waals surface area contributed by atoms with Crippen LogP contribution in [0.3, 0.4) is 0 Å². The number of carbonyl (C=O) groups excluding carboxylic acids is 1. The van der Waals surface area contributed by atoms with Crippen LogP contribution in [0.2, 0.25) is 0 Å². The molecule has 3 fully saturated rings. The lowest BCUT2D eigenvalue weighted by Gasteiger charge is -2.30. The number of nitrogens with zero attached hydrogens (tertiary/aromatic N) is 3. The van der Waals surface area contributed by atoms with Crippen molar-refractivity contribution in [2.45, 2.75) is 25.4 Å². The van der Waals surface area contributed by atoms with Gasteiger partial charge in [0.1, 0.15) is 0 Å². The molecule has 4 rings (SSSR count). The first-order valence-corrected chi connectivity index (χ1v) is 10.2. The summed E-state index contributed by atoms with van der Waals surface area (Å²) in [4.78, 5) is 37.7. The molecular formula is C21H29N3O6. The molecule has 3 aliphatic heterocycles. The maximum Gasteiger partial charge on any atom is 0.317 e. The summed E-state index contributed by atoms with van der Waals surface area (Å²) in [5.41, 5.74) is 2.19. The lowest BCUT2D eigenvalue weighted by Crippen LogP contribution is -2.44. The molecule has 9 heteroatoms. The van der Waals surface area contributed by atoms with Crippen LogP contribution in [0.5, 0.6) is 0 Å². The molecule has 1 amide bonds. The lowest BCUT2D eigenvalue weighted by molar-refractivity contribution is -0.138. The predicted molar refractivity (Wildman–Crippen MR) is 109 cm³/mol. The normalized spacial score (nSPS) is 24.7. The molecule has 2 atom stereocenters. The molecular weight excluding hydrogens is 390 g/mol. The van der Waals surface area contributed by atoms with E-state index in [1.807, 2.05) is 21.9 Å². The maximum atomic E-state index is 11.9. The number of benzene rings is 1. The molecule has 0 aliphatic carbocycles. The highest BCUT2D eigenvalue weighted by atomic mass is 16.5. The number of carbonyl (C=O) groups is 3. The largest absolute Gasteiger partial charge is 0.483 e. The summed E-state index contributed by atoms with van der Waals surface area (Å²) in [6, 6.07) is 8.49. The Morgan fingerprint density at radius 1 is 1.17 bits per heavy atom. The second kappa shape index (κ2) is 10.5. The zero-order valence-corrected chi connectivity index (χ0v) is 17.0. The van der Waals surface area contributed by atoms with E-state index in [0.717, 1.165) is 44.8 Å². The predicted octanol–water partition coefficient (Wildman–Crippen LogP) is 0.731. The number of carboxylic acids is 1. The van der Waals surface area contributed by atoms with Crippen molar-refractivity contribution in [2.24, 2.45) is 5.92 Å². The Hall–Kier alpha value is -2.49. The van der Waals surface area contributed by atoms with E-state index < -0.39 is 5.97 Å². The van der Waals surface area contributed by atoms with Gasteiger partial charge in [-0.25, -0.2) is 0 Å². The van der Waals surface area contributed by atoms with Gasteiger partial charge < -0.3 is 19.8 Å². The molecule has 1 aromatic carbocycles. The summed E-state index contributed by atoms with van der Waals surface area (Å²) in [7, 11) is 0. The van der Waals surface area contributed by atoms with Crippen molar-refractivity contribution in [3.63, 3.8) is 0 Å². The third kappa shape index (κ3) is 5.78. The zero-order valence-electron chi connectivity index (χ0n) is 17.0. The average molecular weight is 419 g/mol. The van der Waals surface area contributed by atoms with Gasteiger partial charge in [0.05, 0.1) is 19.8 Å². The first-order chi connectivity index (χ1) is 14.5. The van der Waals surface area contributed by atoms with Gasteiger partial charge in [0.25, 0.3) is 6.47 Å². The fraction of sp³-hybridized carbons (Fsp3) is 0.571. The summed E-state index contributed by atoms with van der Waals surface area (Å²) < 4.78 is 5.82. The molecule has 2 N–H and O–H groups in total. The molecule has 0 radical (unpaired) electrons. The third-order valence-corrected chi connectivity index (χ3v) is 5.72. The molecule has 2 bridgehead atoms. The van der Waals surface area contributed by atoms with E-state index in [1.165, 1.54) is 5.56 Å². The van der Waals surface area contributed by atoms with Gasteiger partial charge in [-0.2, -0.15) is 0 Å². The first-order valence-electron chi connectivity index (χ1n) is 10.2. The molecule has 0 aromatic heterocycles. The molecule has 3 heterocycles. The monoisotopic (exact) mass is 419 g/mol. The van der Waals surface area contributed by atoms with Crippen LogP contribution in [0.15, 0.2) is 24.3 Å². The SMILES string of the molecule is O=C(O)CN1C[C@@H]2COC[C@H](C1)N(Cc1ccc(N3CCCC3=O)cc1)C2.O=CO. The van der Waals surface area contributed by atoms with Crippen molar-refractivity contribution in [1.29, 1.82) is 0 Å². The standard InChI is InChI=1S/C20H27N3O4.CH2O2/c24-19-2-1-7-23(19)17-5-3-15(4-6-17)9-22-10-16-8-21(12-20(25)26)11-18(22)14-27-13-16;2-1-3/h3-6,16,18H,1-2,7-14H2,(H,25,26);1H,(H,2,3)/t16-,18-;/m0./s1. The van der Waals surface area contributed by atoms with Crippen LogP contribution in [0.4, 0.5) is 5.69 Å². The molecule has 0 saturated carbocycles. The minimum absolute atomic E-state index is 0.0966. The van der Waals surface area contributed by atoms with Crippen molar-refractivity contribution >= 4 is 24.0 Å². The van der Waals surface area contributed by atoms with Crippen LogP contribution >= 0.6 is 0 Å². The van der Waals surface area contributed by atoms with Gasteiger partial charge in [0.2, 0.25) is 5.91 Å². The number of amides is 1. The number of fused-ring (bicyclic) bond motifs is 3.